The first-order chi connectivity index (χ1) is 17.5. The number of methoxy groups -OCH3 is 1. The lowest BCUT2D eigenvalue weighted by molar-refractivity contribution is 0.0601. The quantitative estimate of drug-likeness (QED) is 0.485. The molecule has 0 spiro atoms. The van der Waals surface area contributed by atoms with Crippen LogP contribution in [0.15, 0.2) is 78.6 Å². The van der Waals surface area contributed by atoms with E-state index in [1.807, 2.05) is 0 Å². The lowest BCUT2D eigenvalue weighted by Gasteiger charge is -2.20. The molecule has 2 amide bonds. The number of carbonyl (C=O) groups is 3. The average molecular weight is 504 g/mol. The van der Waals surface area contributed by atoms with E-state index in [1.165, 1.54) is 61.3 Å². The summed E-state index contributed by atoms with van der Waals surface area (Å²) in [5.74, 6) is -1.76. The Kier molecular flexibility index (Phi) is 7.42. The molecule has 1 aliphatic heterocycles. The fourth-order valence-electron chi connectivity index (χ4n) is 3.11. The van der Waals surface area contributed by atoms with Gasteiger partial charge in [-0.15, -0.1) is 0 Å². The Morgan fingerprint density at radius 2 is 1.81 bits per heavy atom. The number of halogens is 1. The molecule has 1 aliphatic rings. The second-order valence-electron chi connectivity index (χ2n) is 7.10. The number of hydrazone groups is 1. The topological polar surface area (TPSA) is 139 Å². The smallest absolute Gasteiger partial charge is 0.340 e. The van der Waals surface area contributed by atoms with Gasteiger partial charge in [-0.3, -0.25) is 14.6 Å². The third-order valence-corrected chi connectivity index (χ3v) is 5.00. The van der Waals surface area contributed by atoms with Crippen LogP contribution in [0.3, 0.4) is 0 Å². The molecule has 0 radical (unpaired) electrons. The van der Waals surface area contributed by atoms with E-state index in [9.17, 15) is 14.4 Å². The highest BCUT2D eigenvalue weighted by molar-refractivity contribution is 6.30. The van der Waals surface area contributed by atoms with Gasteiger partial charge < -0.3 is 15.4 Å². The van der Waals surface area contributed by atoms with Gasteiger partial charge in [-0.2, -0.15) is 5.10 Å². The number of esters is 1. The number of aromatic nitrogens is 3. The number of benzene rings is 1. The molecule has 0 unspecified atom stereocenters. The molecule has 2 aromatic heterocycles. The minimum Gasteiger partial charge on any atom is -0.465 e. The van der Waals surface area contributed by atoms with Crippen LogP contribution in [0.5, 0.6) is 0 Å². The first kappa shape index (κ1) is 24.2. The van der Waals surface area contributed by atoms with Gasteiger partial charge in [0.05, 0.1) is 40.8 Å². The van der Waals surface area contributed by atoms with Crippen LogP contribution < -0.4 is 15.6 Å². The van der Waals surface area contributed by atoms with Crippen molar-refractivity contribution in [3.05, 3.63) is 95.3 Å². The summed E-state index contributed by atoms with van der Waals surface area (Å²) >= 11 is 5.87. The molecule has 3 aromatic rings. The Balaban J connectivity index is 1.81. The van der Waals surface area contributed by atoms with Gasteiger partial charge in [0.25, 0.3) is 11.8 Å². The van der Waals surface area contributed by atoms with E-state index in [0.29, 0.717) is 5.02 Å². The SMILES string of the molecule is COC(=O)c1cc(C(=O)Nc2ccc(Cl)cn2)c(NC(=O)c2cnccn2)cc1N1C=CC=CC=N1. The van der Waals surface area contributed by atoms with Gasteiger partial charge in [0, 0.05) is 31.0 Å². The standard InChI is InChI=1S/C24H18ClN7O4/c1-36-24(35)17-11-16(22(33)31-21-6-5-15(25)13-28-21)18(30-23(34)19-14-26-8-9-27-19)12-20(17)32-10-4-2-3-7-29-32/h2-14H,1H3,(H,30,34)(H,28,31,33). The van der Waals surface area contributed by atoms with E-state index in [4.69, 9.17) is 16.3 Å². The van der Waals surface area contributed by atoms with Gasteiger partial charge in [-0.05, 0) is 36.4 Å². The number of anilines is 3. The summed E-state index contributed by atoms with van der Waals surface area (Å²) in [6, 6.07) is 5.82. The van der Waals surface area contributed by atoms with Crippen LogP contribution in [0, 0.1) is 0 Å². The molecule has 0 fully saturated rings. The van der Waals surface area contributed by atoms with Crippen LogP contribution >= 0.6 is 11.6 Å². The van der Waals surface area contributed by atoms with Crippen molar-refractivity contribution in [3.8, 4) is 0 Å². The number of nitrogens with one attached hydrogen (secondary N) is 2. The van der Waals surface area contributed by atoms with Gasteiger partial charge in [-0.25, -0.2) is 19.8 Å². The molecule has 36 heavy (non-hydrogen) atoms. The van der Waals surface area contributed by atoms with Gasteiger partial charge in [0.15, 0.2) is 0 Å². The molecule has 12 heteroatoms. The predicted octanol–water partition coefficient (Wildman–Crippen LogP) is 3.69. The number of ether oxygens (including phenoxy) is 1. The second kappa shape index (κ2) is 11.0. The van der Waals surface area contributed by atoms with Crippen LogP contribution in [0.2, 0.25) is 5.02 Å². The van der Waals surface area contributed by atoms with E-state index in [1.54, 1.807) is 30.5 Å². The Hall–Kier alpha value is -4.90. The fourth-order valence-corrected chi connectivity index (χ4v) is 3.23. The Morgan fingerprint density at radius 3 is 2.53 bits per heavy atom. The summed E-state index contributed by atoms with van der Waals surface area (Å²) in [5, 5.41) is 11.4. The summed E-state index contributed by atoms with van der Waals surface area (Å²) in [4.78, 5) is 50.7. The van der Waals surface area contributed by atoms with E-state index in [2.05, 4.69) is 30.7 Å². The highest BCUT2D eigenvalue weighted by Gasteiger charge is 2.24. The molecule has 0 aliphatic carbocycles. The van der Waals surface area contributed by atoms with Gasteiger partial charge in [-0.1, -0.05) is 17.7 Å². The predicted molar refractivity (Wildman–Crippen MR) is 134 cm³/mol. The van der Waals surface area contributed by atoms with Crippen molar-refractivity contribution < 1.29 is 19.1 Å². The molecule has 11 nitrogen and oxygen atoms in total. The van der Waals surface area contributed by atoms with E-state index >= 15 is 0 Å². The molecule has 0 bridgehead atoms. The van der Waals surface area contributed by atoms with Crippen LogP contribution in [0.1, 0.15) is 31.2 Å². The minimum atomic E-state index is -0.712. The lowest BCUT2D eigenvalue weighted by atomic mass is 10.0. The first-order valence-electron chi connectivity index (χ1n) is 10.4. The Labute approximate surface area is 210 Å². The van der Waals surface area contributed by atoms with E-state index in [0.717, 1.165) is 0 Å². The number of rotatable bonds is 6. The molecule has 0 saturated heterocycles. The maximum Gasteiger partial charge on any atom is 0.340 e. The van der Waals surface area contributed by atoms with Crippen molar-refractivity contribution in [2.45, 2.75) is 0 Å². The van der Waals surface area contributed by atoms with E-state index in [-0.39, 0.29) is 34.0 Å². The summed E-state index contributed by atoms with van der Waals surface area (Å²) in [6.45, 7) is 0. The van der Waals surface area contributed by atoms with Crippen molar-refractivity contribution in [2.75, 3.05) is 22.8 Å². The van der Waals surface area contributed by atoms with Gasteiger partial charge >= 0.3 is 5.97 Å². The zero-order chi connectivity index (χ0) is 25.5. The fraction of sp³-hybridized carbons (Fsp3) is 0.0417. The number of pyridine rings is 1. The maximum absolute atomic E-state index is 13.3. The highest BCUT2D eigenvalue weighted by atomic mass is 35.5. The molecule has 0 atom stereocenters. The van der Waals surface area contributed by atoms with Crippen molar-refractivity contribution in [2.24, 2.45) is 5.10 Å². The third kappa shape index (κ3) is 5.59. The van der Waals surface area contributed by atoms with Crippen molar-refractivity contribution in [3.63, 3.8) is 0 Å². The largest absolute Gasteiger partial charge is 0.465 e. The van der Waals surface area contributed by atoms with Crippen LogP contribution in [0.25, 0.3) is 0 Å². The van der Waals surface area contributed by atoms with Crippen LogP contribution in [-0.4, -0.2) is 46.1 Å². The number of carbonyl (C=O) groups excluding carboxylic acids is 3. The Morgan fingerprint density at radius 1 is 0.944 bits per heavy atom. The highest BCUT2D eigenvalue weighted by Crippen LogP contribution is 2.31. The lowest BCUT2D eigenvalue weighted by Crippen LogP contribution is -2.22. The molecule has 180 valence electrons. The molecular weight excluding hydrogens is 486 g/mol. The number of amides is 2. The van der Waals surface area contributed by atoms with Crippen molar-refractivity contribution in [1.82, 2.24) is 15.0 Å². The summed E-state index contributed by atoms with van der Waals surface area (Å²) in [7, 11) is 1.22. The van der Waals surface area contributed by atoms with Crippen molar-refractivity contribution >= 4 is 52.8 Å². The summed E-state index contributed by atoms with van der Waals surface area (Å²) < 4.78 is 4.93. The minimum absolute atomic E-state index is 0.0266. The molecule has 0 saturated carbocycles. The summed E-state index contributed by atoms with van der Waals surface area (Å²) in [5.41, 5.74) is 0.370. The van der Waals surface area contributed by atoms with Gasteiger partial charge in [0.1, 0.15) is 11.5 Å². The van der Waals surface area contributed by atoms with Crippen molar-refractivity contribution in [1.29, 1.82) is 0 Å². The molecule has 4 rings (SSSR count). The normalized spacial score (nSPS) is 12.1. The second-order valence-corrected chi connectivity index (χ2v) is 7.54. The Bertz CT molecular complexity index is 1370. The number of hydrogen-bond donors (Lipinski definition) is 2. The number of nitrogens with zero attached hydrogens (tertiary/aromatic N) is 5. The first-order valence-corrected chi connectivity index (χ1v) is 10.8. The third-order valence-electron chi connectivity index (χ3n) is 4.77. The number of allylic oxidation sites excluding steroid dienone is 3. The van der Waals surface area contributed by atoms with Gasteiger partial charge in [0.2, 0.25) is 0 Å². The average Bonchev–Trinajstić information content (AvgIpc) is 3.19. The number of hydrogen-bond acceptors (Lipinski definition) is 9. The molecular formula is C24H18ClN7O4. The van der Waals surface area contributed by atoms with Crippen LogP contribution in [-0.2, 0) is 4.74 Å². The maximum atomic E-state index is 13.3. The zero-order valence-corrected chi connectivity index (χ0v) is 19.5. The van der Waals surface area contributed by atoms with E-state index < -0.39 is 17.8 Å². The monoisotopic (exact) mass is 503 g/mol. The molecule has 2 N–H and O–H groups in total. The van der Waals surface area contributed by atoms with Crippen LogP contribution in [0.4, 0.5) is 17.2 Å². The zero-order valence-electron chi connectivity index (χ0n) is 18.8. The molecule has 3 heterocycles. The summed E-state index contributed by atoms with van der Waals surface area (Å²) in [6.07, 6.45) is 13.7. The molecule has 1 aromatic carbocycles.